The number of fused-ring (bicyclic) bond motifs is 1. The second-order valence-electron chi connectivity index (χ2n) is 4.28. The molecule has 0 radical (unpaired) electrons. The van der Waals surface area contributed by atoms with Crippen LogP contribution in [0.25, 0.3) is 11.0 Å². The minimum absolute atomic E-state index is 0.163. The van der Waals surface area contributed by atoms with Crippen molar-refractivity contribution in [3.05, 3.63) is 33.6 Å². The Morgan fingerprint density at radius 2 is 2.06 bits per heavy atom. The van der Waals surface area contributed by atoms with Gasteiger partial charge in [-0.05, 0) is 6.07 Å². The van der Waals surface area contributed by atoms with Crippen LogP contribution in [0.5, 0.6) is 0 Å². The summed E-state index contributed by atoms with van der Waals surface area (Å²) in [5.74, 6) is 0.816. The third kappa shape index (κ3) is 2.07. The molecule has 2 N–H and O–H groups in total. The van der Waals surface area contributed by atoms with E-state index in [1.807, 2.05) is 6.07 Å². The third-order valence-corrected chi connectivity index (χ3v) is 3.39. The lowest BCUT2D eigenvalue weighted by atomic mass is 10.2. The monoisotopic (exact) mass is 264 g/mol. The Hall–Kier alpha value is -1.59. The van der Waals surface area contributed by atoms with Crippen molar-refractivity contribution in [2.45, 2.75) is 0 Å². The Labute approximate surface area is 109 Å². The highest BCUT2D eigenvalue weighted by Crippen LogP contribution is 2.25. The molecule has 1 saturated heterocycles. The number of pyridine rings is 2. The molecule has 0 spiro atoms. The number of halogens is 1. The molecule has 5 nitrogen and oxygen atoms in total. The summed E-state index contributed by atoms with van der Waals surface area (Å²) in [6.07, 6.45) is 0. The van der Waals surface area contributed by atoms with Crippen molar-refractivity contribution < 1.29 is 0 Å². The molecule has 6 heteroatoms. The number of piperazine rings is 1. The number of hydrogen-bond donors (Lipinski definition) is 2. The Balaban J connectivity index is 2.10. The van der Waals surface area contributed by atoms with Crippen LogP contribution in [0.15, 0.2) is 23.0 Å². The van der Waals surface area contributed by atoms with E-state index < -0.39 is 0 Å². The van der Waals surface area contributed by atoms with Crippen LogP contribution < -0.4 is 15.8 Å². The van der Waals surface area contributed by atoms with Gasteiger partial charge in [-0.3, -0.25) is 4.79 Å². The molecule has 18 heavy (non-hydrogen) atoms. The van der Waals surface area contributed by atoms with Gasteiger partial charge in [0, 0.05) is 43.7 Å². The first-order chi connectivity index (χ1) is 8.74. The Morgan fingerprint density at radius 1 is 1.28 bits per heavy atom. The van der Waals surface area contributed by atoms with Crippen molar-refractivity contribution >= 4 is 28.5 Å². The standard InChI is InChI=1S/C12H13ClN4O/c13-9-7-10(17-5-3-14-4-6-17)15-12-8(9)1-2-11(18)16-12/h1-2,7,14H,3-6H2,(H,15,16,18). The summed E-state index contributed by atoms with van der Waals surface area (Å²) in [6.45, 7) is 3.66. The van der Waals surface area contributed by atoms with E-state index in [1.54, 1.807) is 6.07 Å². The maximum absolute atomic E-state index is 11.3. The van der Waals surface area contributed by atoms with E-state index in [2.05, 4.69) is 20.2 Å². The average Bonchev–Trinajstić information content (AvgIpc) is 2.39. The van der Waals surface area contributed by atoms with Crippen molar-refractivity contribution in [3.63, 3.8) is 0 Å². The summed E-state index contributed by atoms with van der Waals surface area (Å²) in [6, 6.07) is 5.01. The van der Waals surface area contributed by atoms with E-state index in [-0.39, 0.29) is 5.56 Å². The van der Waals surface area contributed by atoms with Gasteiger partial charge < -0.3 is 15.2 Å². The van der Waals surface area contributed by atoms with Crippen molar-refractivity contribution in [3.8, 4) is 0 Å². The van der Waals surface area contributed by atoms with Crippen molar-refractivity contribution in [1.29, 1.82) is 0 Å². The van der Waals surface area contributed by atoms with Gasteiger partial charge in [-0.2, -0.15) is 0 Å². The summed E-state index contributed by atoms with van der Waals surface area (Å²) >= 11 is 6.23. The molecule has 3 rings (SSSR count). The predicted molar refractivity (Wildman–Crippen MR) is 72.5 cm³/mol. The molecule has 1 fully saturated rings. The van der Waals surface area contributed by atoms with Crippen molar-refractivity contribution in [1.82, 2.24) is 15.3 Å². The molecule has 0 bridgehead atoms. The van der Waals surface area contributed by atoms with Gasteiger partial charge in [0.15, 0.2) is 0 Å². The lowest BCUT2D eigenvalue weighted by molar-refractivity contribution is 0.585. The highest BCUT2D eigenvalue weighted by molar-refractivity contribution is 6.35. The quantitative estimate of drug-likeness (QED) is 0.806. The molecule has 2 aromatic rings. The first-order valence-electron chi connectivity index (χ1n) is 5.89. The van der Waals surface area contributed by atoms with Gasteiger partial charge in [0.2, 0.25) is 5.56 Å². The van der Waals surface area contributed by atoms with Gasteiger partial charge in [-0.25, -0.2) is 4.98 Å². The molecule has 2 aromatic heterocycles. The zero-order valence-corrected chi connectivity index (χ0v) is 10.5. The molecule has 0 unspecified atom stereocenters. The van der Waals surface area contributed by atoms with E-state index >= 15 is 0 Å². The molecule has 94 valence electrons. The highest BCUT2D eigenvalue weighted by Gasteiger charge is 2.14. The lowest BCUT2D eigenvalue weighted by Crippen LogP contribution is -2.43. The molecule has 1 aliphatic heterocycles. The molecular formula is C12H13ClN4O. The largest absolute Gasteiger partial charge is 0.354 e. The molecule has 0 aliphatic carbocycles. The zero-order valence-electron chi connectivity index (χ0n) is 9.74. The molecular weight excluding hydrogens is 252 g/mol. The minimum atomic E-state index is -0.163. The van der Waals surface area contributed by atoms with Gasteiger partial charge in [0.1, 0.15) is 11.5 Å². The lowest BCUT2D eigenvalue weighted by Gasteiger charge is -2.28. The summed E-state index contributed by atoms with van der Waals surface area (Å²) in [5.41, 5.74) is 0.382. The highest BCUT2D eigenvalue weighted by atomic mass is 35.5. The Morgan fingerprint density at radius 3 is 2.83 bits per heavy atom. The first-order valence-corrected chi connectivity index (χ1v) is 6.27. The number of H-pyrrole nitrogens is 1. The minimum Gasteiger partial charge on any atom is -0.354 e. The van der Waals surface area contributed by atoms with Crippen LogP contribution >= 0.6 is 11.6 Å². The molecule has 3 heterocycles. The van der Waals surface area contributed by atoms with Crippen LogP contribution in [-0.4, -0.2) is 36.1 Å². The van der Waals surface area contributed by atoms with Gasteiger partial charge in [-0.15, -0.1) is 0 Å². The molecule has 1 aliphatic rings. The summed E-state index contributed by atoms with van der Waals surface area (Å²) in [7, 11) is 0. The SMILES string of the molecule is O=c1ccc2c(Cl)cc(N3CCNCC3)nc2[nH]1. The van der Waals surface area contributed by atoms with Gasteiger partial charge in [0.25, 0.3) is 0 Å². The van der Waals surface area contributed by atoms with E-state index in [1.165, 1.54) is 6.07 Å². The molecule has 0 amide bonds. The van der Waals surface area contributed by atoms with Gasteiger partial charge >= 0.3 is 0 Å². The van der Waals surface area contributed by atoms with Crippen molar-refractivity contribution in [2.75, 3.05) is 31.1 Å². The van der Waals surface area contributed by atoms with E-state index in [0.717, 1.165) is 37.4 Å². The van der Waals surface area contributed by atoms with Gasteiger partial charge in [-0.1, -0.05) is 11.6 Å². The fourth-order valence-electron chi connectivity index (χ4n) is 2.14. The fraction of sp³-hybridized carbons (Fsp3) is 0.333. The fourth-order valence-corrected chi connectivity index (χ4v) is 2.39. The Bertz CT molecular complexity index is 634. The van der Waals surface area contributed by atoms with Crippen LogP contribution in [0.4, 0.5) is 5.82 Å². The molecule has 0 saturated carbocycles. The summed E-state index contributed by atoms with van der Waals surface area (Å²) in [4.78, 5) is 20.7. The summed E-state index contributed by atoms with van der Waals surface area (Å²) < 4.78 is 0. The number of aromatic nitrogens is 2. The van der Waals surface area contributed by atoms with E-state index in [0.29, 0.717) is 10.7 Å². The van der Waals surface area contributed by atoms with Gasteiger partial charge in [0.05, 0.1) is 5.02 Å². The third-order valence-electron chi connectivity index (χ3n) is 3.08. The Kier molecular flexibility index (Phi) is 2.93. The van der Waals surface area contributed by atoms with Crippen LogP contribution in [0.1, 0.15) is 0 Å². The maximum Gasteiger partial charge on any atom is 0.249 e. The maximum atomic E-state index is 11.3. The number of hydrogen-bond acceptors (Lipinski definition) is 4. The van der Waals surface area contributed by atoms with E-state index in [4.69, 9.17) is 11.6 Å². The predicted octanol–water partition coefficient (Wildman–Crippen LogP) is 0.986. The number of rotatable bonds is 1. The van der Waals surface area contributed by atoms with Crippen LogP contribution in [0, 0.1) is 0 Å². The number of anilines is 1. The average molecular weight is 265 g/mol. The second-order valence-corrected chi connectivity index (χ2v) is 4.69. The van der Waals surface area contributed by atoms with E-state index in [9.17, 15) is 4.79 Å². The molecule has 0 atom stereocenters. The second kappa shape index (κ2) is 4.59. The van der Waals surface area contributed by atoms with Crippen molar-refractivity contribution in [2.24, 2.45) is 0 Å². The topological polar surface area (TPSA) is 61.0 Å². The normalized spacial score (nSPS) is 16.2. The smallest absolute Gasteiger partial charge is 0.249 e. The number of aromatic amines is 1. The number of nitrogens with zero attached hydrogens (tertiary/aromatic N) is 2. The number of nitrogens with one attached hydrogen (secondary N) is 2. The first kappa shape index (κ1) is 11.5. The zero-order chi connectivity index (χ0) is 12.5. The van der Waals surface area contributed by atoms with Crippen LogP contribution in [0.3, 0.4) is 0 Å². The summed E-state index contributed by atoms with van der Waals surface area (Å²) in [5, 5.41) is 4.67. The van der Waals surface area contributed by atoms with Crippen LogP contribution in [0.2, 0.25) is 5.02 Å². The van der Waals surface area contributed by atoms with Crippen LogP contribution in [-0.2, 0) is 0 Å². The molecule has 0 aromatic carbocycles.